The molecule has 21 heavy (non-hydrogen) atoms. The molecule has 1 rings (SSSR count). The van der Waals surface area contributed by atoms with Gasteiger partial charge in [0.15, 0.2) is 0 Å². The van der Waals surface area contributed by atoms with Crippen molar-refractivity contribution in [2.45, 2.75) is 72.4 Å². The lowest BCUT2D eigenvalue weighted by atomic mass is 9.85. The van der Waals surface area contributed by atoms with Gasteiger partial charge < -0.3 is 5.32 Å². The minimum atomic E-state index is -0.470. The van der Waals surface area contributed by atoms with Crippen LogP contribution >= 0.6 is 0 Å². The van der Waals surface area contributed by atoms with Gasteiger partial charge in [-0.1, -0.05) is 40.5 Å². The van der Waals surface area contributed by atoms with E-state index < -0.39 is 11.6 Å². The van der Waals surface area contributed by atoms with E-state index in [9.17, 15) is 8.78 Å². The van der Waals surface area contributed by atoms with E-state index in [0.717, 1.165) is 31.7 Å². The molecule has 3 heteroatoms. The van der Waals surface area contributed by atoms with Gasteiger partial charge in [0, 0.05) is 23.7 Å². The molecule has 1 atom stereocenters. The molecule has 0 spiro atoms. The molecule has 1 aromatic rings. The van der Waals surface area contributed by atoms with Gasteiger partial charge in [-0.05, 0) is 37.3 Å². The minimum Gasteiger partial charge on any atom is -0.307 e. The van der Waals surface area contributed by atoms with E-state index in [0.29, 0.717) is 17.0 Å². The highest BCUT2D eigenvalue weighted by molar-refractivity contribution is 5.29. The fourth-order valence-corrected chi connectivity index (χ4v) is 2.98. The minimum absolute atomic E-state index is 0.0517. The van der Waals surface area contributed by atoms with Crippen LogP contribution in [-0.4, -0.2) is 6.04 Å². The number of aryl methyl sites for hydroxylation is 1. The summed E-state index contributed by atoms with van der Waals surface area (Å²) in [5, 5.41) is 3.49. The topological polar surface area (TPSA) is 12.0 Å². The molecular weight excluding hydrogens is 268 g/mol. The zero-order valence-corrected chi connectivity index (χ0v) is 14.0. The molecule has 1 nitrogen and oxygen atoms in total. The Morgan fingerprint density at radius 1 is 1.00 bits per heavy atom. The van der Waals surface area contributed by atoms with Crippen LogP contribution in [0, 0.1) is 24.5 Å². The van der Waals surface area contributed by atoms with Gasteiger partial charge in [0.05, 0.1) is 0 Å². The summed E-state index contributed by atoms with van der Waals surface area (Å²) in [7, 11) is 0. The third-order valence-corrected chi connectivity index (χ3v) is 3.92. The van der Waals surface area contributed by atoms with Crippen molar-refractivity contribution < 1.29 is 8.78 Å². The first-order chi connectivity index (χ1) is 9.90. The molecule has 1 unspecified atom stereocenters. The van der Waals surface area contributed by atoms with E-state index in [2.05, 4.69) is 33.0 Å². The van der Waals surface area contributed by atoms with Crippen LogP contribution in [0.25, 0.3) is 0 Å². The lowest BCUT2D eigenvalue weighted by molar-refractivity contribution is 0.292. The van der Waals surface area contributed by atoms with Crippen molar-refractivity contribution in [2.75, 3.05) is 0 Å². The van der Waals surface area contributed by atoms with E-state index >= 15 is 0 Å². The zero-order valence-electron chi connectivity index (χ0n) is 14.0. The van der Waals surface area contributed by atoms with E-state index in [1.807, 2.05) is 0 Å². The van der Waals surface area contributed by atoms with Gasteiger partial charge in [0.25, 0.3) is 0 Å². The number of nitrogens with one attached hydrogen (secondary N) is 1. The normalized spacial score (nSPS) is 13.2. The average Bonchev–Trinajstić information content (AvgIpc) is 2.40. The molecule has 0 radical (unpaired) electrons. The van der Waals surface area contributed by atoms with Crippen LogP contribution in [0.4, 0.5) is 8.78 Å². The van der Waals surface area contributed by atoms with E-state index in [1.165, 1.54) is 0 Å². The predicted octanol–water partition coefficient (Wildman–Crippen LogP) is 5.53. The highest BCUT2D eigenvalue weighted by Gasteiger charge is 2.26. The van der Waals surface area contributed by atoms with Crippen LogP contribution in [0.2, 0.25) is 0 Å². The molecule has 120 valence electrons. The first-order valence-electron chi connectivity index (χ1n) is 8.12. The van der Waals surface area contributed by atoms with E-state index in [-0.39, 0.29) is 12.1 Å². The molecular formula is C18H29F2N. The third-order valence-electron chi connectivity index (χ3n) is 3.92. The second-order valence-electron chi connectivity index (χ2n) is 6.26. The molecule has 0 aliphatic carbocycles. The fraction of sp³-hybridized carbons (Fsp3) is 0.667. The Hall–Kier alpha value is -0.960. The predicted molar refractivity (Wildman–Crippen MR) is 85.4 cm³/mol. The van der Waals surface area contributed by atoms with Gasteiger partial charge in [-0.25, -0.2) is 8.78 Å². The standard InChI is InChI=1S/C18H29F2N/c1-6-8-14(9-7-2)18(21-12(3)4)15-10-13(5)16(19)11-17(15)20/h10-12,14,18,21H,6-9H2,1-5H3. The Morgan fingerprint density at radius 3 is 2.05 bits per heavy atom. The summed E-state index contributed by atoms with van der Waals surface area (Å²) >= 11 is 0. The Kier molecular flexibility index (Phi) is 7.30. The van der Waals surface area contributed by atoms with Crippen molar-refractivity contribution >= 4 is 0 Å². The molecule has 0 aromatic heterocycles. The Morgan fingerprint density at radius 2 is 1.57 bits per heavy atom. The quantitative estimate of drug-likeness (QED) is 0.665. The van der Waals surface area contributed by atoms with Gasteiger partial charge in [-0.2, -0.15) is 0 Å². The summed E-state index contributed by atoms with van der Waals surface area (Å²) in [5.74, 6) is -0.530. The smallest absolute Gasteiger partial charge is 0.130 e. The van der Waals surface area contributed by atoms with Crippen LogP contribution in [-0.2, 0) is 0 Å². The highest BCUT2D eigenvalue weighted by atomic mass is 19.1. The molecule has 0 bridgehead atoms. The lowest BCUT2D eigenvalue weighted by Gasteiger charge is -2.30. The monoisotopic (exact) mass is 297 g/mol. The number of halogens is 2. The van der Waals surface area contributed by atoms with Crippen LogP contribution in [0.5, 0.6) is 0 Å². The maximum absolute atomic E-state index is 14.3. The van der Waals surface area contributed by atoms with Gasteiger partial charge >= 0.3 is 0 Å². The second-order valence-corrected chi connectivity index (χ2v) is 6.26. The molecule has 1 aromatic carbocycles. The van der Waals surface area contributed by atoms with Crippen molar-refractivity contribution in [2.24, 2.45) is 5.92 Å². The molecule has 0 fully saturated rings. The maximum atomic E-state index is 14.3. The Balaban J connectivity index is 3.19. The SMILES string of the molecule is CCCC(CCC)C(NC(C)C)c1cc(C)c(F)cc1F. The van der Waals surface area contributed by atoms with Gasteiger partial charge in [0.1, 0.15) is 11.6 Å². The first-order valence-corrected chi connectivity index (χ1v) is 8.12. The van der Waals surface area contributed by atoms with Crippen LogP contribution < -0.4 is 5.32 Å². The maximum Gasteiger partial charge on any atom is 0.130 e. The number of rotatable bonds is 8. The van der Waals surface area contributed by atoms with Crippen LogP contribution in [0.15, 0.2) is 12.1 Å². The van der Waals surface area contributed by atoms with Gasteiger partial charge in [0.2, 0.25) is 0 Å². The molecule has 0 amide bonds. The first kappa shape index (κ1) is 18.1. The Labute approximate surface area is 128 Å². The largest absolute Gasteiger partial charge is 0.307 e. The van der Waals surface area contributed by atoms with Crippen molar-refractivity contribution in [3.63, 3.8) is 0 Å². The van der Waals surface area contributed by atoms with Crippen molar-refractivity contribution in [1.82, 2.24) is 5.32 Å². The molecule has 0 heterocycles. The summed E-state index contributed by atoms with van der Waals surface area (Å²) in [6.45, 7) is 10.1. The van der Waals surface area contributed by atoms with Gasteiger partial charge in [-0.3, -0.25) is 0 Å². The molecule has 0 aliphatic rings. The summed E-state index contributed by atoms with van der Waals surface area (Å²) < 4.78 is 27.8. The molecule has 0 aliphatic heterocycles. The molecule has 1 N–H and O–H groups in total. The van der Waals surface area contributed by atoms with E-state index in [4.69, 9.17) is 0 Å². The highest BCUT2D eigenvalue weighted by Crippen LogP contribution is 2.32. The van der Waals surface area contributed by atoms with Crippen molar-refractivity contribution in [1.29, 1.82) is 0 Å². The third kappa shape index (κ3) is 5.06. The summed E-state index contributed by atoms with van der Waals surface area (Å²) in [6.07, 6.45) is 4.24. The van der Waals surface area contributed by atoms with Crippen molar-refractivity contribution in [3.05, 3.63) is 34.9 Å². The van der Waals surface area contributed by atoms with Crippen LogP contribution in [0.3, 0.4) is 0 Å². The van der Waals surface area contributed by atoms with Crippen molar-refractivity contribution in [3.8, 4) is 0 Å². The summed E-state index contributed by atoms with van der Waals surface area (Å²) in [5.41, 5.74) is 1.11. The lowest BCUT2D eigenvalue weighted by Crippen LogP contribution is -2.34. The fourth-order valence-electron chi connectivity index (χ4n) is 2.98. The average molecular weight is 297 g/mol. The van der Waals surface area contributed by atoms with E-state index in [1.54, 1.807) is 13.0 Å². The number of hydrogen-bond donors (Lipinski definition) is 1. The van der Waals surface area contributed by atoms with Gasteiger partial charge in [-0.15, -0.1) is 0 Å². The van der Waals surface area contributed by atoms with Crippen LogP contribution in [0.1, 0.15) is 70.5 Å². The second kappa shape index (κ2) is 8.47. The number of hydrogen-bond acceptors (Lipinski definition) is 1. The summed E-state index contributed by atoms with van der Waals surface area (Å²) in [6, 6.07) is 2.90. The summed E-state index contributed by atoms with van der Waals surface area (Å²) in [4.78, 5) is 0. The Bertz CT molecular complexity index is 437. The molecule has 0 saturated heterocycles. The molecule has 0 saturated carbocycles. The zero-order chi connectivity index (χ0) is 16.0. The number of benzene rings is 1.